The summed E-state index contributed by atoms with van der Waals surface area (Å²) in [5.74, 6) is 4.55. The summed E-state index contributed by atoms with van der Waals surface area (Å²) in [6, 6.07) is 19.6. The number of hydrogen-bond donors (Lipinski definition) is 2. The van der Waals surface area contributed by atoms with Crippen LogP contribution in [0.25, 0.3) is 11.1 Å². The molecule has 180 valence electrons. The van der Waals surface area contributed by atoms with Crippen LogP contribution < -0.4 is 11.1 Å². The number of anilines is 2. The van der Waals surface area contributed by atoms with Gasteiger partial charge in [-0.25, -0.2) is 4.98 Å². The second-order valence-electron chi connectivity index (χ2n) is 9.76. The number of nitrogens with one attached hydrogen (secondary N) is 1. The molecular weight excluding hydrogens is 426 g/mol. The Labute approximate surface area is 210 Å². The molecule has 3 N–H and O–H groups in total. The van der Waals surface area contributed by atoms with Gasteiger partial charge in [0.1, 0.15) is 5.82 Å². The first-order chi connectivity index (χ1) is 17.0. The molecule has 0 saturated heterocycles. The summed E-state index contributed by atoms with van der Waals surface area (Å²) in [5, 5.41) is 3.15. The molecule has 0 aliphatic heterocycles. The van der Waals surface area contributed by atoms with E-state index in [0.717, 1.165) is 40.7 Å². The number of pyridine rings is 1. The Morgan fingerprint density at radius 3 is 2.37 bits per heavy atom. The summed E-state index contributed by atoms with van der Waals surface area (Å²) in [6.07, 6.45) is 13.9. The van der Waals surface area contributed by atoms with Crippen molar-refractivity contribution in [3.63, 3.8) is 0 Å². The van der Waals surface area contributed by atoms with Crippen molar-refractivity contribution in [2.24, 2.45) is 5.92 Å². The Hall–Kier alpha value is -3.51. The highest BCUT2D eigenvalue weighted by molar-refractivity contribution is 6.00. The zero-order valence-corrected chi connectivity index (χ0v) is 21.3. The van der Waals surface area contributed by atoms with Gasteiger partial charge in [-0.3, -0.25) is 0 Å². The number of nitrogens with zero attached hydrogens (tertiary/aromatic N) is 1. The van der Waals surface area contributed by atoms with Crippen molar-refractivity contribution >= 4 is 22.7 Å². The Balaban J connectivity index is 1.88. The largest absolute Gasteiger partial charge is 0.399 e. The van der Waals surface area contributed by atoms with Gasteiger partial charge in [0.05, 0.1) is 0 Å². The highest BCUT2D eigenvalue weighted by Crippen LogP contribution is 2.38. The molecule has 0 unspecified atom stereocenters. The topological polar surface area (TPSA) is 50.9 Å². The standard InChI is InChI=1S/C32H37N3/c1-5-6-11-30(29-18-19-31(34-4)35-23(29)3)32(28-17-16-27(33)20-22(28)2)26-14-12-25(13-15-26)21-24-9-7-8-10-24/h1,12-20,24H,6-11,21,33H2,2-4H3,(H,34,35)/b32-30+. The summed E-state index contributed by atoms with van der Waals surface area (Å²) in [4.78, 5) is 4.78. The lowest BCUT2D eigenvalue weighted by atomic mass is 9.84. The van der Waals surface area contributed by atoms with Crippen molar-refractivity contribution in [3.05, 3.63) is 88.1 Å². The minimum Gasteiger partial charge on any atom is -0.399 e. The van der Waals surface area contributed by atoms with Crippen molar-refractivity contribution in [2.45, 2.75) is 58.8 Å². The summed E-state index contributed by atoms with van der Waals surface area (Å²) < 4.78 is 0. The summed E-state index contributed by atoms with van der Waals surface area (Å²) in [6.45, 7) is 4.21. The molecule has 1 fully saturated rings. The maximum absolute atomic E-state index is 6.13. The average Bonchev–Trinajstić information content (AvgIpc) is 3.36. The predicted octanol–water partition coefficient (Wildman–Crippen LogP) is 7.43. The maximum Gasteiger partial charge on any atom is 0.125 e. The number of benzene rings is 2. The van der Waals surface area contributed by atoms with Crippen LogP contribution in [0.3, 0.4) is 0 Å². The third-order valence-electron chi connectivity index (χ3n) is 7.25. The predicted molar refractivity (Wildman–Crippen MR) is 150 cm³/mol. The molecule has 0 bridgehead atoms. The van der Waals surface area contributed by atoms with Crippen LogP contribution >= 0.6 is 0 Å². The van der Waals surface area contributed by atoms with Crippen molar-refractivity contribution in [1.82, 2.24) is 4.98 Å². The van der Waals surface area contributed by atoms with Gasteiger partial charge < -0.3 is 11.1 Å². The van der Waals surface area contributed by atoms with E-state index in [2.05, 4.69) is 67.5 Å². The molecule has 1 aliphatic carbocycles. The van der Waals surface area contributed by atoms with Gasteiger partial charge in [-0.05, 0) is 95.8 Å². The minimum atomic E-state index is 0.667. The second kappa shape index (κ2) is 11.3. The van der Waals surface area contributed by atoms with Gasteiger partial charge >= 0.3 is 0 Å². The van der Waals surface area contributed by atoms with E-state index in [1.165, 1.54) is 59.9 Å². The first-order valence-electron chi connectivity index (χ1n) is 12.8. The van der Waals surface area contributed by atoms with E-state index < -0.39 is 0 Å². The summed E-state index contributed by atoms with van der Waals surface area (Å²) in [5.41, 5.74) is 16.5. The molecule has 35 heavy (non-hydrogen) atoms. The zero-order chi connectivity index (χ0) is 24.8. The Morgan fingerprint density at radius 1 is 1.03 bits per heavy atom. The smallest absolute Gasteiger partial charge is 0.125 e. The maximum atomic E-state index is 6.13. The summed E-state index contributed by atoms with van der Waals surface area (Å²) >= 11 is 0. The molecular formula is C32H37N3. The number of hydrogen-bond acceptors (Lipinski definition) is 3. The molecule has 0 atom stereocenters. The normalized spacial score (nSPS) is 14.5. The van der Waals surface area contributed by atoms with Crippen LogP contribution in [0, 0.1) is 32.1 Å². The van der Waals surface area contributed by atoms with Gasteiger partial charge in [-0.1, -0.05) is 56.0 Å². The van der Waals surface area contributed by atoms with E-state index in [0.29, 0.717) is 6.42 Å². The van der Waals surface area contributed by atoms with Gasteiger partial charge in [0.15, 0.2) is 0 Å². The van der Waals surface area contributed by atoms with Crippen LogP contribution in [0.15, 0.2) is 54.6 Å². The average molecular weight is 464 g/mol. The Kier molecular flexibility index (Phi) is 7.93. The van der Waals surface area contributed by atoms with E-state index in [1.807, 2.05) is 19.2 Å². The van der Waals surface area contributed by atoms with Crippen molar-refractivity contribution in [2.75, 3.05) is 18.1 Å². The molecule has 0 spiro atoms. The van der Waals surface area contributed by atoms with Gasteiger partial charge in [-0.2, -0.15) is 0 Å². The van der Waals surface area contributed by atoms with Gasteiger partial charge in [0.25, 0.3) is 0 Å². The Bertz CT molecular complexity index is 1240. The lowest BCUT2D eigenvalue weighted by Gasteiger charge is -2.20. The lowest BCUT2D eigenvalue weighted by molar-refractivity contribution is 0.546. The molecule has 2 aromatic carbocycles. The molecule has 0 radical (unpaired) electrons. The van der Waals surface area contributed by atoms with E-state index in [9.17, 15) is 0 Å². The van der Waals surface area contributed by atoms with Crippen LogP contribution in [0.4, 0.5) is 11.5 Å². The van der Waals surface area contributed by atoms with Crippen LogP contribution in [-0.2, 0) is 6.42 Å². The molecule has 3 nitrogen and oxygen atoms in total. The highest BCUT2D eigenvalue weighted by Gasteiger charge is 2.19. The van der Waals surface area contributed by atoms with E-state index >= 15 is 0 Å². The number of terminal acetylenes is 1. The first-order valence-corrected chi connectivity index (χ1v) is 12.8. The second-order valence-corrected chi connectivity index (χ2v) is 9.76. The fourth-order valence-corrected chi connectivity index (χ4v) is 5.43. The summed E-state index contributed by atoms with van der Waals surface area (Å²) in [7, 11) is 1.90. The van der Waals surface area contributed by atoms with Gasteiger partial charge in [0, 0.05) is 24.8 Å². The third kappa shape index (κ3) is 5.77. The third-order valence-corrected chi connectivity index (χ3v) is 7.25. The quantitative estimate of drug-likeness (QED) is 0.270. The Morgan fingerprint density at radius 2 is 1.74 bits per heavy atom. The van der Waals surface area contributed by atoms with Crippen molar-refractivity contribution in [3.8, 4) is 12.3 Å². The van der Waals surface area contributed by atoms with Crippen LogP contribution in [0.2, 0.25) is 0 Å². The van der Waals surface area contributed by atoms with E-state index in [1.54, 1.807) is 0 Å². The number of aromatic nitrogens is 1. The highest BCUT2D eigenvalue weighted by atomic mass is 15.0. The molecule has 3 aromatic rings. The van der Waals surface area contributed by atoms with Crippen LogP contribution in [0.1, 0.15) is 72.0 Å². The number of nitrogen functional groups attached to an aromatic ring is 1. The lowest BCUT2D eigenvalue weighted by Crippen LogP contribution is -2.03. The van der Waals surface area contributed by atoms with Crippen molar-refractivity contribution in [1.29, 1.82) is 0 Å². The first kappa shape index (κ1) is 24.6. The fourth-order valence-electron chi connectivity index (χ4n) is 5.43. The van der Waals surface area contributed by atoms with Gasteiger partial charge in [-0.15, -0.1) is 12.3 Å². The number of rotatable bonds is 8. The molecule has 0 amide bonds. The number of allylic oxidation sites excluding steroid dienone is 1. The molecule has 1 aromatic heterocycles. The van der Waals surface area contributed by atoms with E-state index in [4.69, 9.17) is 17.1 Å². The van der Waals surface area contributed by atoms with Crippen molar-refractivity contribution < 1.29 is 0 Å². The SMILES string of the molecule is C#CCC/C(=C(/c1ccc(CC2CCCC2)cc1)c1ccc(N)cc1C)c1ccc(NC)nc1C. The minimum absolute atomic E-state index is 0.667. The van der Waals surface area contributed by atoms with Gasteiger partial charge in [0.2, 0.25) is 0 Å². The molecule has 1 saturated carbocycles. The van der Waals surface area contributed by atoms with Crippen LogP contribution in [-0.4, -0.2) is 12.0 Å². The monoisotopic (exact) mass is 463 g/mol. The zero-order valence-electron chi connectivity index (χ0n) is 21.3. The molecule has 3 heteroatoms. The number of nitrogens with two attached hydrogens (primary N) is 1. The fraction of sp³-hybridized carbons (Fsp3) is 0.344. The number of aryl methyl sites for hydroxylation is 2. The molecule has 1 heterocycles. The molecule has 4 rings (SSSR count). The molecule has 1 aliphatic rings. The van der Waals surface area contributed by atoms with E-state index in [-0.39, 0.29) is 0 Å². The van der Waals surface area contributed by atoms with Crippen LogP contribution in [0.5, 0.6) is 0 Å².